The lowest BCUT2D eigenvalue weighted by molar-refractivity contribution is -0.384. The first-order valence-corrected chi connectivity index (χ1v) is 6.96. The van der Waals surface area contributed by atoms with Crippen molar-refractivity contribution in [3.8, 4) is 0 Å². The SMILES string of the molecule is O=[N+]([O-])c1ccc2cnn(C3CCCCCC3O)c2c1. The van der Waals surface area contributed by atoms with Gasteiger partial charge in [-0.2, -0.15) is 5.10 Å². The van der Waals surface area contributed by atoms with E-state index < -0.39 is 11.0 Å². The number of aromatic nitrogens is 2. The van der Waals surface area contributed by atoms with Crippen LogP contribution in [0.2, 0.25) is 0 Å². The number of fused-ring (bicyclic) bond motifs is 1. The molecule has 0 saturated heterocycles. The molecule has 6 nitrogen and oxygen atoms in total. The molecule has 0 amide bonds. The normalized spacial score (nSPS) is 23.6. The molecule has 0 spiro atoms. The second kappa shape index (κ2) is 5.20. The monoisotopic (exact) mass is 275 g/mol. The lowest BCUT2D eigenvalue weighted by atomic mass is 10.1. The number of rotatable bonds is 2. The third-order valence-electron chi connectivity index (χ3n) is 4.05. The fourth-order valence-corrected chi connectivity index (χ4v) is 2.96. The molecule has 1 aromatic heterocycles. The molecule has 3 rings (SSSR count). The van der Waals surface area contributed by atoms with Crippen LogP contribution in [0.25, 0.3) is 10.9 Å². The van der Waals surface area contributed by atoms with Crippen molar-refractivity contribution < 1.29 is 10.0 Å². The van der Waals surface area contributed by atoms with Crippen LogP contribution in [-0.2, 0) is 0 Å². The highest BCUT2D eigenvalue weighted by molar-refractivity contribution is 5.81. The number of nitro groups is 1. The molecule has 1 aromatic carbocycles. The third kappa shape index (κ3) is 2.27. The summed E-state index contributed by atoms with van der Waals surface area (Å²) in [7, 11) is 0. The molecule has 106 valence electrons. The van der Waals surface area contributed by atoms with E-state index in [9.17, 15) is 15.2 Å². The number of hydrogen-bond donors (Lipinski definition) is 1. The molecule has 6 heteroatoms. The average molecular weight is 275 g/mol. The van der Waals surface area contributed by atoms with Crippen LogP contribution >= 0.6 is 0 Å². The van der Waals surface area contributed by atoms with Gasteiger partial charge in [-0.25, -0.2) is 0 Å². The van der Waals surface area contributed by atoms with Crippen molar-refractivity contribution in [2.75, 3.05) is 0 Å². The van der Waals surface area contributed by atoms with Crippen LogP contribution in [0.1, 0.15) is 38.1 Å². The molecule has 2 unspecified atom stereocenters. The van der Waals surface area contributed by atoms with Gasteiger partial charge in [0.2, 0.25) is 0 Å². The number of aliphatic hydroxyl groups is 1. The van der Waals surface area contributed by atoms with Crippen LogP contribution < -0.4 is 0 Å². The highest BCUT2D eigenvalue weighted by atomic mass is 16.6. The molecule has 2 aromatic rings. The number of nitro benzene ring substituents is 1. The van der Waals surface area contributed by atoms with Crippen molar-refractivity contribution in [3.63, 3.8) is 0 Å². The van der Waals surface area contributed by atoms with E-state index in [-0.39, 0.29) is 11.7 Å². The molecule has 0 aliphatic heterocycles. The smallest absolute Gasteiger partial charge is 0.271 e. The molecule has 1 aliphatic carbocycles. The van der Waals surface area contributed by atoms with Crippen LogP contribution in [-0.4, -0.2) is 25.9 Å². The van der Waals surface area contributed by atoms with Crippen molar-refractivity contribution in [3.05, 3.63) is 34.5 Å². The quantitative estimate of drug-likeness (QED) is 0.519. The van der Waals surface area contributed by atoms with Gasteiger partial charge in [0.05, 0.1) is 28.8 Å². The Labute approximate surface area is 116 Å². The lowest BCUT2D eigenvalue weighted by Crippen LogP contribution is -2.23. The molecule has 0 bridgehead atoms. The van der Waals surface area contributed by atoms with Crippen molar-refractivity contribution in [1.29, 1.82) is 0 Å². The predicted molar refractivity (Wildman–Crippen MR) is 74.5 cm³/mol. The Hall–Kier alpha value is -1.95. The van der Waals surface area contributed by atoms with Crippen molar-refractivity contribution in [2.24, 2.45) is 0 Å². The van der Waals surface area contributed by atoms with Gasteiger partial charge in [0.15, 0.2) is 0 Å². The summed E-state index contributed by atoms with van der Waals surface area (Å²) in [4.78, 5) is 10.5. The molecule has 20 heavy (non-hydrogen) atoms. The maximum atomic E-state index is 10.9. The lowest BCUT2D eigenvalue weighted by Gasteiger charge is -2.21. The Kier molecular flexibility index (Phi) is 3.40. The van der Waals surface area contributed by atoms with Crippen LogP contribution in [0.3, 0.4) is 0 Å². The van der Waals surface area contributed by atoms with Gasteiger partial charge in [0.25, 0.3) is 5.69 Å². The van der Waals surface area contributed by atoms with Crippen molar-refractivity contribution >= 4 is 16.6 Å². The van der Waals surface area contributed by atoms with E-state index in [1.807, 2.05) is 0 Å². The summed E-state index contributed by atoms with van der Waals surface area (Å²) in [5.74, 6) is 0. The summed E-state index contributed by atoms with van der Waals surface area (Å²) in [6.45, 7) is 0. The summed E-state index contributed by atoms with van der Waals surface area (Å²) in [6.07, 6.45) is 6.10. The molecule has 1 fully saturated rings. The molecule has 1 aliphatic rings. The van der Waals surface area contributed by atoms with Crippen molar-refractivity contribution in [2.45, 2.75) is 44.2 Å². The topological polar surface area (TPSA) is 81.2 Å². The summed E-state index contributed by atoms with van der Waals surface area (Å²) in [5, 5.41) is 26.4. The van der Waals surface area contributed by atoms with Gasteiger partial charge in [-0.05, 0) is 18.9 Å². The maximum absolute atomic E-state index is 10.9. The molecule has 1 heterocycles. The van der Waals surface area contributed by atoms with E-state index in [0.29, 0.717) is 0 Å². The second-order valence-corrected chi connectivity index (χ2v) is 5.36. The minimum absolute atomic E-state index is 0.0577. The predicted octanol–water partition coefficient (Wildman–Crippen LogP) is 2.81. The van der Waals surface area contributed by atoms with Gasteiger partial charge in [-0.15, -0.1) is 0 Å². The Bertz CT molecular complexity index is 638. The van der Waals surface area contributed by atoms with E-state index in [2.05, 4.69) is 5.10 Å². The number of nitrogens with zero attached hydrogens (tertiary/aromatic N) is 3. The van der Waals surface area contributed by atoms with Crippen LogP contribution in [0.5, 0.6) is 0 Å². The Morgan fingerprint density at radius 1 is 1.30 bits per heavy atom. The average Bonchev–Trinajstić information content (AvgIpc) is 2.73. The standard InChI is InChI=1S/C14H17N3O3/c18-14-5-3-1-2-4-12(14)16-13-8-11(17(19)20)7-6-10(13)9-15-16/h6-9,12,14,18H,1-5H2. The maximum Gasteiger partial charge on any atom is 0.271 e. The first-order valence-electron chi connectivity index (χ1n) is 6.96. The summed E-state index contributed by atoms with van der Waals surface area (Å²) in [5.41, 5.74) is 0.785. The first kappa shape index (κ1) is 13.1. The zero-order valence-electron chi connectivity index (χ0n) is 11.1. The van der Waals surface area contributed by atoms with Crippen molar-refractivity contribution in [1.82, 2.24) is 9.78 Å². The number of hydrogen-bond acceptors (Lipinski definition) is 4. The fourth-order valence-electron chi connectivity index (χ4n) is 2.96. The molecule has 1 N–H and O–H groups in total. The molecule has 2 atom stereocenters. The van der Waals surface area contributed by atoms with Gasteiger partial charge in [-0.1, -0.05) is 19.3 Å². The van der Waals surface area contributed by atoms with Crippen LogP contribution in [0, 0.1) is 10.1 Å². The number of aliphatic hydroxyl groups excluding tert-OH is 1. The largest absolute Gasteiger partial charge is 0.391 e. The van der Waals surface area contributed by atoms with E-state index in [1.54, 1.807) is 23.0 Å². The van der Waals surface area contributed by atoms with Gasteiger partial charge in [0, 0.05) is 17.5 Å². The molecule has 0 radical (unpaired) electrons. The van der Waals surface area contributed by atoms with Gasteiger partial charge >= 0.3 is 0 Å². The summed E-state index contributed by atoms with van der Waals surface area (Å²) < 4.78 is 1.76. The fraction of sp³-hybridized carbons (Fsp3) is 0.500. The molecule has 1 saturated carbocycles. The zero-order valence-corrected chi connectivity index (χ0v) is 11.1. The highest BCUT2D eigenvalue weighted by Crippen LogP contribution is 2.31. The van der Waals surface area contributed by atoms with Crippen LogP contribution in [0.15, 0.2) is 24.4 Å². The van der Waals surface area contributed by atoms with E-state index in [0.717, 1.165) is 43.0 Å². The third-order valence-corrected chi connectivity index (χ3v) is 4.05. The van der Waals surface area contributed by atoms with Gasteiger partial charge in [0.1, 0.15) is 0 Å². The number of benzene rings is 1. The Morgan fingerprint density at radius 2 is 2.10 bits per heavy atom. The van der Waals surface area contributed by atoms with Gasteiger partial charge < -0.3 is 5.11 Å². The van der Waals surface area contributed by atoms with Gasteiger partial charge in [-0.3, -0.25) is 14.8 Å². The van der Waals surface area contributed by atoms with E-state index in [1.165, 1.54) is 6.07 Å². The summed E-state index contributed by atoms with van der Waals surface area (Å²) >= 11 is 0. The summed E-state index contributed by atoms with van der Waals surface area (Å²) in [6, 6.07) is 4.65. The van der Waals surface area contributed by atoms with E-state index in [4.69, 9.17) is 0 Å². The Morgan fingerprint density at radius 3 is 2.90 bits per heavy atom. The number of non-ortho nitro benzene ring substituents is 1. The van der Waals surface area contributed by atoms with E-state index >= 15 is 0 Å². The minimum Gasteiger partial charge on any atom is -0.391 e. The Balaban J connectivity index is 2.05. The second-order valence-electron chi connectivity index (χ2n) is 5.36. The zero-order chi connectivity index (χ0) is 14.1. The highest BCUT2D eigenvalue weighted by Gasteiger charge is 2.25. The first-order chi connectivity index (χ1) is 9.66. The minimum atomic E-state index is -0.431. The molecular weight excluding hydrogens is 258 g/mol. The van der Waals surface area contributed by atoms with Crippen LogP contribution in [0.4, 0.5) is 5.69 Å². The molecular formula is C14H17N3O3.